The molecule has 1 aliphatic rings. The van der Waals surface area contributed by atoms with Gasteiger partial charge in [-0.25, -0.2) is 0 Å². The lowest BCUT2D eigenvalue weighted by Gasteiger charge is -2.21. The van der Waals surface area contributed by atoms with Crippen LogP contribution in [0.5, 0.6) is 0 Å². The topological polar surface area (TPSA) is 41.9 Å². The van der Waals surface area contributed by atoms with Crippen LogP contribution in [0.1, 0.15) is 5.56 Å². The van der Waals surface area contributed by atoms with Gasteiger partial charge in [-0.1, -0.05) is 17.7 Å². The minimum absolute atomic E-state index is 0.0422. The number of benzene rings is 1. The summed E-state index contributed by atoms with van der Waals surface area (Å²) in [5.41, 5.74) is 1.71. The average Bonchev–Trinajstić information content (AvgIpc) is 2.81. The summed E-state index contributed by atoms with van der Waals surface area (Å²) in [4.78, 5) is 2.14. The van der Waals surface area contributed by atoms with E-state index in [0.717, 1.165) is 24.3 Å². The van der Waals surface area contributed by atoms with Crippen molar-refractivity contribution < 1.29 is 14.6 Å². The first-order chi connectivity index (χ1) is 8.71. The zero-order chi connectivity index (χ0) is 13.1. The highest BCUT2D eigenvalue weighted by Gasteiger charge is 2.33. The second-order valence-electron chi connectivity index (χ2n) is 4.35. The lowest BCUT2D eigenvalue weighted by Crippen LogP contribution is -2.27. The maximum atomic E-state index is 9.43. The molecule has 0 aromatic heterocycles. The van der Waals surface area contributed by atoms with Gasteiger partial charge in [-0.05, 0) is 12.1 Å². The number of methoxy groups -OCH3 is 2. The molecule has 0 radical (unpaired) electrons. The molecule has 0 amide bonds. The third kappa shape index (κ3) is 2.47. The number of aliphatic hydroxyl groups excluding tert-OH is 1. The van der Waals surface area contributed by atoms with Gasteiger partial charge in [-0.3, -0.25) is 0 Å². The Morgan fingerprint density at radius 2 is 1.89 bits per heavy atom. The third-order valence-corrected chi connectivity index (χ3v) is 3.77. The molecule has 100 valence electrons. The smallest absolute Gasteiger partial charge is 0.102 e. The second-order valence-corrected chi connectivity index (χ2v) is 4.76. The molecule has 1 aromatic rings. The molecular formula is C13H18ClNO3. The van der Waals surface area contributed by atoms with Gasteiger partial charge in [0.2, 0.25) is 0 Å². The predicted molar refractivity (Wildman–Crippen MR) is 71.2 cm³/mol. The van der Waals surface area contributed by atoms with Crippen LogP contribution in [0.4, 0.5) is 5.69 Å². The highest BCUT2D eigenvalue weighted by atomic mass is 35.5. The van der Waals surface area contributed by atoms with Crippen molar-refractivity contribution in [3.63, 3.8) is 0 Å². The molecular weight excluding hydrogens is 254 g/mol. The van der Waals surface area contributed by atoms with E-state index in [0.29, 0.717) is 5.02 Å². The van der Waals surface area contributed by atoms with Crippen LogP contribution in [-0.4, -0.2) is 44.6 Å². The molecule has 1 fully saturated rings. The molecule has 1 aromatic carbocycles. The Hall–Kier alpha value is -0.810. The Balaban J connectivity index is 2.25. The van der Waals surface area contributed by atoms with Crippen LogP contribution >= 0.6 is 11.6 Å². The first-order valence-corrected chi connectivity index (χ1v) is 6.27. The Morgan fingerprint density at radius 1 is 1.28 bits per heavy atom. The summed E-state index contributed by atoms with van der Waals surface area (Å²) in [6.45, 7) is 1.41. The second kappa shape index (κ2) is 5.89. The average molecular weight is 272 g/mol. The first kappa shape index (κ1) is 13.6. The summed E-state index contributed by atoms with van der Waals surface area (Å²) >= 11 is 6.10. The Bertz CT molecular complexity index is 401. The van der Waals surface area contributed by atoms with E-state index in [-0.39, 0.29) is 18.8 Å². The van der Waals surface area contributed by atoms with Gasteiger partial charge in [-0.15, -0.1) is 0 Å². The number of ether oxygens (including phenoxy) is 2. The number of nitrogens with zero attached hydrogens (tertiary/aromatic N) is 1. The Labute approximate surface area is 112 Å². The van der Waals surface area contributed by atoms with E-state index in [2.05, 4.69) is 4.90 Å². The molecule has 0 spiro atoms. The molecule has 1 aliphatic heterocycles. The molecule has 5 heteroatoms. The van der Waals surface area contributed by atoms with E-state index < -0.39 is 0 Å². The largest absolute Gasteiger partial charge is 0.392 e. The van der Waals surface area contributed by atoms with Crippen molar-refractivity contribution in [2.75, 3.05) is 32.2 Å². The molecule has 2 unspecified atom stereocenters. The number of hydrogen-bond donors (Lipinski definition) is 1. The Kier molecular flexibility index (Phi) is 4.45. The van der Waals surface area contributed by atoms with Crippen molar-refractivity contribution in [3.8, 4) is 0 Å². The molecule has 18 heavy (non-hydrogen) atoms. The molecule has 1 N–H and O–H groups in total. The van der Waals surface area contributed by atoms with E-state index in [4.69, 9.17) is 21.1 Å². The molecule has 1 saturated heterocycles. The third-order valence-electron chi connectivity index (χ3n) is 3.41. The summed E-state index contributed by atoms with van der Waals surface area (Å²) in [5, 5.41) is 10.0. The highest BCUT2D eigenvalue weighted by molar-refractivity contribution is 6.31. The number of aliphatic hydroxyl groups is 1. The summed E-state index contributed by atoms with van der Waals surface area (Å²) in [5.74, 6) is 0. The van der Waals surface area contributed by atoms with Crippen molar-refractivity contribution in [2.24, 2.45) is 0 Å². The lowest BCUT2D eigenvalue weighted by atomic mass is 10.1. The SMILES string of the molecule is COC1CN(c2cccc(Cl)c2CO)CC1OC. The predicted octanol–water partition coefficient (Wildman–Crippen LogP) is 1.68. The van der Waals surface area contributed by atoms with E-state index in [1.807, 2.05) is 12.1 Å². The summed E-state index contributed by atoms with van der Waals surface area (Å²) in [6, 6.07) is 5.63. The number of halogens is 1. The van der Waals surface area contributed by atoms with Gasteiger partial charge in [-0.2, -0.15) is 0 Å². The maximum absolute atomic E-state index is 9.43. The fourth-order valence-electron chi connectivity index (χ4n) is 2.39. The van der Waals surface area contributed by atoms with Crippen molar-refractivity contribution in [2.45, 2.75) is 18.8 Å². The normalized spacial score (nSPS) is 23.7. The molecule has 4 nitrogen and oxygen atoms in total. The Morgan fingerprint density at radius 3 is 2.39 bits per heavy atom. The number of rotatable bonds is 4. The van der Waals surface area contributed by atoms with E-state index in [1.165, 1.54) is 0 Å². The fourth-order valence-corrected chi connectivity index (χ4v) is 2.62. The van der Waals surface area contributed by atoms with Gasteiger partial charge in [0.25, 0.3) is 0 Å². The zero-order valence-electron chi connectivity index (χ0n) is 10.6. The molecule has 0 bridgehead atoms. The van der Waals surface area contributed by atoms with Gasteiger partial charge < -0.3 is 19.5 Å². The van der Waals surface area contributed by atoms with E-state index in [1.54, 1.807) is 20.3 Å². The van der Waals surface area contributed by atoms with Crippen molar-refractivity contribution in [1.29, 1.82) is 0 Å². The first-order valence-electron chi connectivity index (χ1n) is 5.90. The van der Waals surface area contributed by atoms with Crippen LogP contribution in [0, 0.1) is 0 Å². The molecule has 2 rings (SSSR count). The summed E-state index contributed by atoms with van der Waals surface area (Å²) < 4.78 is 10.8. The van der Waals surface area contributed by atoms with E-state index in [9.17, 15) is 5.11 Å². The molecule has 0 aliphatic carbocycles. The highest BCUT2D eigenvalue weighted by Crippen LogP contribution is 2.31. The van der Waals surface area contributed by atoms with Crippen LogP contribution in [0.15, 0.2) is 18.2 Å². The van der Waals surface area contributed by atoms with Gasteiger partial charge in [0.05, 0.1) is 6.61 Å². The quantitative estimate of drug-likeness (QED) is 0.905. The van der Waals surface area contributed by atoms with Crippen LogP contribution in [0.2, 0.25) is 5.02 Å². The molecule has 0 saturated carbocycles. The number of hydrogen-bond acceptors (Lipinski definition) is 4. The standard InChI is InChI=1S/C13H18ClNO3/c1-17-12-6-15(7-13(12)18-2)11-5-3-4-10(14)9(11)8-16/h3-5,12-13,16H,6-8H2,1-2H3. The summed E-state index contributed by atoms with van der Waals surface area (Å²) in [7, 11) is 3.37. The maximum Gasteiger partial charge on any atom is 0.102 e. The molecule has 2 atom stereocenters. The van der Waals surface area contributed by atoms with Crippen LogP contribution in [0.3, 0.4) is 0 Å². The van der Waals surface area contributed by atoms with Crippen LogP contribution in [-0.2, 0) is 16.1 Å². The zero-order valence-corrected chi connectivity index (χ0v) is 11.4. The van der Waals surface area contributed by atoms with E-state index >= 15 is 0 Å². The minimum Gasteiger partial charge on any atom is -0.392 e. The monoisotopic (exact) mass is 271 g/mol. The van der Waals surface area contributed by atoms with Crippen molar-refractivity contribution in [3.05, 3.63) is 28.8 Å². The van der Waals surface area contributed by atoms with Crippen molar-refractivity contribution >= 4 is 17.3 Å². The van der Waals surface area contributed by atoms with Crippen LogP contribution in [0.25, 0.3) is 0 Å². The van der Waals surface area contributed by atoms with Gasteiger partial charge >= 0.3 is 0 Å². The van der Waals surface area contributed by atoms with Crippen LogP contribution < -0.4 is 4.90 Å². The van der Waals surface area contributed by atoms with Gasteiger partial charge in [0.15, 0.2) is 0 Å². The van der Waals surface area contributed by atoms with Gasteiger partial charge in [0.1, 0.15) is 12.2 Å². The van der Waals surface area contributed by atoms with Gasteiger partial charge in [0, 0.05) is 43.6 Å². The summed E-state index contributed by atoms with van der Waals surface area (Å²) in [6.07, 6.45) is 0.0843. The molecule has 1 heterocycles. The fraction of sp³-hybridized carbons (Fsp3) is 0.538. The van der Waals surface area contributed by atoms with Crippen molar-refractivity contribution in [1.82, 2.24) is 0 Å². The lowest BCUT2D eigenvalue weighted by molar-refractivity contribution is -0.00461. The number of anilines is 1. The minimum atomic E-state index is -0.0686.